The number of nitrogens with one attached hydrogen (secondary N) is 1. The summed E-state index contributed by atoms with van der Waals surface area (Å²) in [7, 11) is -2.97. The highest BCUT2D eigenvalue weighted by atomic mass is 32.2. The smallest absolute Gasteiger partial charge is 0.223 e. The molecule has 1 saturated heterocycles. The predicted octanol–water partition coefficient (Wildman–Crippen LogP) is 0.443. The Labute approximate surface area is 115 Å². The Bertz CT molecular complexity index is 435. The van der Waals surface area contributed by atoms with Gasteiger partial charge in [0.05, 0.1) is 11.5 Å². The first-order chi connectivity index (χ1) is 8.89. The molecule has 1 heterocycles. The molecule has 1 saturated carbocycles. The first-order valence-electron chi connectivity index (χ1n) is 7.15. The highest BCUT2D eigenvalue weighted by molar-refractivity contribution is 7.91. The maximum absolute atomic E-state index is 12.3. The highest BCUT2D eigenvalue weighted by Gasteiger charge is 2.34. The number of carbonyl (C=O) groups is 1. The van der Waals surface area contributed by atoms with Crippen LogP contribution in [0.25, 0.3) is 0 Å². The number of carbonyl (C=O) groups excluding carboxylic acids is 1. The van der Waals surface area contributed by atoms with Crippen LogP contribution in [0.15, 0.2) is 0 Å². The van der Waals surface area contributed by atoms with Gasteiger partial charge < -0.3 is 11.1 Å². The zero-order chi connectivity index (χ0) is 14.0. The van der Waals surface area contributed by atoms with Crippen LogP contribution in [0.2, 0.25) is 0 Å². The minimum Gasteiger partial charge on any atom is -0.352 e. The summed E-state index contributed by atoms with van der Waals surface area (Å²) in [5.41, 5.74) is 6.01. The molecule has 3 N–H and O–H groups in total. The SMILES string of the molecule is CC1C(N)CCCC1C(=O)NC1CCCS(=O)(=O)C1. The summed E-state index contributed by atoms with van der Waals surface area (Å²) in [4.78, 5) is 12.3. The van der Waals surface area contributed by atoms with E-state index in [1.165, 1.54) is 0 Å². The van der Waals surface area contributed by atoms with Crippen LogP contribution in [-0.2, 0) is 14.6 Å². The van der Waals surface area contributed by atoms with E-state index < -0.39 is 9.84 Å². The molecule has 110 valence electrons. The van der Waals surface area contributed by atoms with Gasteiger partial charge in [-0.15, -0.1) is 0 Å². The molecule has 0 aromatic heterocycles. The predicted molar refractivity (Wildman–Crippen MR) is 74.3 cm³/mol. The average Bonchev–Trinajstić information content (AvgIpc) is 2.31. The number of rotatable bonds is 2. The molecule has 1 aliphatic carbocycles. The molecule has 6 heteroatoms. The standard InChI is InChI=1S/C13H24N2O3S/c1-9-11(5-2-6-12(9)14)13(16)15-10-4-3-7-19(17,18)8-10/h9-12H,2-8,14H2,1H3,(H,15,16). The van der Waals surface area contributed by atoms with Crippen LogP contribution < -0.4 is 11.1 Å². The first-order valence-corrected chi connectivity index (χ1v) is 8.97. The summed E-state index contributed by atoms with van der Waals surface area (Å²) in [6.07, 6.45) is 4.22. The zero-order valence-electron chi connectivity index (χ0n) is 11.5. The second kappa shape index (κ2) is 5.79. The lowest BCUT2D eigenvalue weighted by Crippen LogP contribution is -2.49. The third-order valence-electron chi connectivity index (χ3n) is 4.51. The lowest BCUT2D eigenvalue weighted by molar-refractivity contribution is -0.128. The van der Waals surface area contributed by atoms with Crippen LogP contribution in [0, 0.1) is 11.8 Å². The van der Waals surface area contributed by atoms with Crippen LogP contribution in [0.1, 0.15) is 39.0 Å². The van der Waals surface area contributed by atoms with Gasteiger partial charge in [-0.1, -0.05) is 13.3 Å². The van der Waals surface area contributed by atoms with Gasteiger partial charge in [-0.2, -0.15) is 0 Å². The topological polar surface area (TPSA) is 89.3 Å². The number of nitrogens with two attached hydrogens (primary N) is 1. The molecule has 0 radical (unpaired) electrons. The van der Waals surface area contributed by atoms with Crippen LogP contribution in [0.3, 0.4) is 0 Å². The van der Waals surface area contributed by atoms with Gasteiger partial charge in [0.15, 0.2) is 9.84 Å². The molecule has 4 atom stereocenters. The number of hydrogen-bond donors (Lipinski definition) is 2. The van der Waals surface area contributed by atoms with Gasteiger partial charge in [0.2, 0.25) is 5.91 Å². The Kier molecular flexibility index (Phi) is 4.50. The van der Waals surface area contributed by atoms with E-state index in [2.05, 4.69) is 5.32 Å². The van der Waals surface area contributed by atoms with Crippen molar-refractivity contribution in [3.8, 4) is 0 Å². The maximum Gasteiger partial charge on any atom is 0.223 e. The molecular weight excluding hydrogens is 264 g/mol. The second-order valence-corrected chi connectivity index (χ2v) is 8.25. The van der Waals surface area contributed by atoms with Crippen molar-refractivity contribution in [2.24, 2.45) is 17.6 Å². The second-order valence-electron chi connectivity index (χ2n) is 6.02. The summed E-state index contributed by atoms with van der Waals surface area (Å²) in [6.45, 7) is 2.02. The molecule has 0 spiro atoms. The zero-order valence-corrected chi connectivity index (χ0v) is 12.3. The largest absolute Gasteiger partial charge is 0.352 e. The number of amides is 1. The Hall–Kier alpha value is -0.620. The fourth-order valence-electron chi connectivity index (χ4n) is 3.21. The van der Waals surface area contributed by atoms with E-state index in [9.17, 15) is 13.2 Å². The third kappa shape index (κ3) is 3.69. The molecule has 2 rings (SSSR count). The van der Waals surface area contributed by atoms with E-state index >= 15 is 0 Å². The van der Waals surface area contributed by atoms with E-state index in [1.54, 1.807) is 0 Å². The molecule has 2 fully saturated rings. The van der Waals surface area contributed by atoms with Crippen LogP contribution >= 0.6 is 0 Å². The monoisotopic (exact) mass is 288 g/mol. The van der Waals surface area contributed by atoms with Gasteiger partial charge >= 0.3 is 0 Å². The molecule has 19 heavy (non-hydrogen) atoms. The van der Waals surface area contributed by atoms with E-state index in [-0.39, 0.29) is 41.3 Å². The highest BCUT2D eigenvalue weighted by Crippen LogP contribution is 2.29. The van der Waals surface area contributed by atoms with E-state index in [4.69, 9.17) is 5.73 Å². The van der Waals surface area contributed by atoms with Crippen molar-refractivity contribution in [3.63, 3.8) is 0 Å². The Morgan fingerprint density at radius 3 is 2.63 bits per heavy atom. The Balaban J connectivity index is 1.93. The first kappa shape index (κ1) is 14.8. The van der Waals surface area contributed by atoms with Crippen molar-refractivity contribution in [3.05, 3.63) is 0 Å². The van der Waals surface area contributed by atoms with Gasteiger partial charge in [-0.3, -0.25) is 4.79 Å². The summed E-state index contributed by atoms with van der Waals surface area (Å²) < 4.78 is 23.1. The van der Waals surface area contributed by atoms with E-state index in [1.807, 2.05) is 6.92 Å². The molecule has 0 aromatic rings. The van der Waals surface area contributed by atoms with Crippen LogP contribution in [0.5, 0.6) is 0 Å². The van der Waals surface area contributed by atoms with Crippen molar-refractivity contribution in [2.45, 2.75) is 51.1 Å². The van der Waals surface area contributed by atoms with Gasteiger partial charge in [-0.25, -0.2) is 8.42 Å². The third-order valence-corrected chi connectivity index (χ3v) is 6.33. The van der Waals surface area contributed by atoms with Crippen molar-refractivity contribution < 1.29 is 13.2 Å². The molecule has 5 nitrogen and oxygen atoms in total. The Morgan fingerprint density at radius 2 is 1.95 bits per heavy atom. The summed E-state index contributed by atoms with van der Waals surface area (Å²) in [5, 5.41) is 2.92. The van der Waals surface area contributed by atoms with Gasteiger partial charge in [-0.05, 0) is 31.6 Å². The lowest BCUT2D eigenvalue weighted by atomic mass is 9.77. The maximum atomic E-state index is 12.3. The fourth-order valence-corrected chi connectivity index (χ4v) is 4.85. The van der Waals surface area contributed by atoms with Gasteiger partial charge in [0.25, 0.3) is 0 Å². The number of hydrogen-bond acceptors (Lipinski definition) is 4. The molecule has 1 amide bonds. The normalized spacial score (nSPS) is 38.6. The van der Waals surface area contributed by atoms with Crippen LogP contribution in [0.4, 0.5) is 0 Å². The fraction of sp³-hybridized carbons (Fsp3) is 0.923. The summed E-state index contributed by atoms with van der Waals surface area (Å²) in [5.74, 6) is 0.447. The summed E-state index contributed by atoms with van der Waals surface area (Å²) in [6, 6.07) is -0.129. The van der Waals surface area contributed by atoms with Crippen molar-refractivity contribution in [1.29, 1.82) is 0 Å². The molecule has 2 aliphatic rings. The van der Waals surface area contributed by atoms with Crippen molar-refractivity contribution >= 4 is 15.7 Å². The minimum absolute atomic E-state index is 0.00949. The number of sulfone groups is 1. The van der Waals surface area contributed by atoms with E-state index in [0.717, 1.165) is 25.7 Å². The lowest BCUT2D eigenvalue weighted by Gasteiger charge is -2.34. The van der Waals surface area contributed by atoms with Gasteiger partial charge in [0.1, 0.15) is 0 Å². The summed E-state index contributed by atoms with van der Waals surface area (Å²) >= 11 is 0. The van der Waals surface area contributed by atoms with Crippen molar-refractivity contribution in [2.75, 3.05) is 11.5 Å². The van der Waals surface area contributed by atoms with Crippen molar-refractivity contribution in [1.82, 2.24) is 5.32 Å². The molecule has 0 aromatic carbocycles. The molecule has 1 aliphatic heterocycles. The molecule has 4 unspecified atom stereocenters. The van der Waals surface area contributed by atoms with Crippen LogP contribution in [-0.4, -0.2) is 37.9 Å². The quantitative estimate of drug-likeness (QED) is 0.772. The average molecular weight is 288 g/mol. The minimum atomic E-state index is -2.97. The molecule has 0 bridgehead atoms. The Morgan fingerprint density at radius 1 is 1.21 bits per heavy atom. The van der Waals surface area contributed by atoms with E-state index in [0.29, 0.717) is 6.42 Å². The molecular formula is C13H24N2O3S. The van der Waals surface area contributed by atoms with Gasteiger partial charge in [0, 0.05) is 18.0 Å².